The Morgan fingerprint density at radius 2 is 1.78 bits per heavy atom. The van der Waals surface area contributed by atoms with Gasteiger partial charge >= 0.3 is 11.9 Å². The Hall–Kier alpha value is -3.15. The molecule has 0 saturated carbocycles. The predicted molar refractivity (Wildman–Crippen MR) is 79.2 cm³/mol. The van der Waals surface area contributed by atoms with Gasteiger partial charge in [0.15, 0.2) is 0 Å². The predicted octanol–water partition coefficient (Wildman–Crippen LogP) is 2.61. The average Bonchev–Trinajstić information content (AvgIpc) is 2.57. The molecule has 6 nitrogen and oxygen atoms in total. The molecule has 0 spiro atoms. The van der Waals surface area contributed by atoms with Crippen LogP contribution in [0, 0.1) is 0 Å². The van der Waals surface area contributed by atoms with Gasteiger partial charge in [-0.3, -0.25) is 9.59 Å². The molecule has 0 aliphatic carbocycles. The Bertz CT molecular complexity index is 824. The summed E-state index contributed by atoms with van der Waals surface area (Å²) in [6.45, 7) is 0. The molecule has 2 aromatic rings. The van der Waals surface area contributed by atoms with Crippen LogP contribution in [-0.4, -0.2) is 30.4 Å². The number of benzene rings is 2. The van der Waals surface area contributed by atoms with Crippen LogP contribution in [-0.2, 0) is 9.53 Å². The van der Waals surface area contributed by atoms with E-state index in [4.69, 9.17) is 4.74 Å². The molecule has 23 heavy (non-hydrogen) atoms. The summed E-state index contributed by atoms with van der Waals surface area (Å²) in [6, 6.07) is 9.08. The molecular weight excluding hydrogens is 300 g/mol. The molecule has 116 valence electrons. The van der Waals surface area contributed by atoms with Crippen molar-refractivity contribution in [3.05, 3.63) is 58.7 Å². The first-order chi connectivity index (χ1) is 11.0. The first-order valence-electron chi connectivity index (χ1n) is 6.77. The van der Waals surface area contributed by atoms with Gasteiger partial charge in [-0.05, 0) is 36.4 Å². The minimum Gasteiger partial charge on any atom is -0.481 e. The molecule has 0 amide bonds. The van der Waals surface area contributed by atoms with E-state index < -0.39 is 17.9 Å². The SMILES string of the molecule is COC(=O)c1ccc2c(c1)C(C(=O)O)c1cc(C=O)ccc1O2. The number of carboxylic acid groups (broad SMARTS) is 1. The molecule has 1 N–H and O–H groups in total. The third-order valence-electron chi connectivity index (χ3n) is 3.69. The van der Waals surface area contributed by atoms with E-state index in [1.54, 1.807) is 12.1 Å². The van der Waals surface area contributed by atoms with E-state index >= 15 is 0 Å². The highest BCUT2D eigenvalue weighted by atomic mass is 16.5. The van der Waals surface area contributed by atoms with E-state index in [0.717, 1.165) is 0 Å². The summed E-state index contributed by atoms with van der Waals surface area (Å²) in [5.74, 6) is -1.96. The van der Waals surface area contributed by atoms with Crippen molar-refractivity contribution in [2.45, 2.75) is 5.92 Å². The number of aldehydes is 1. The summed E-state index contributed by atoms with van der Waals surface area (Å²) in [6.07, 6.45) is 0.638. The lowest BCUT2D eigenvalue weighted by atomic mass is 9.86. The van der Waals surface area contributed by atoms with Gasteiger partial charge in [0.2, 0.25) is 0 Å². The Labute approximate surface area is 131 Å². The monoisotopic (exact) mass is 312 g/mol. The molecule has 0 saturated heterocycles. The molecule has 3 rings (SSSR count). The molecule has 0 aromatic heterocycles. The Kier molecular flexibility index (Phi) is 3.57. The summed E-state index contributed by atoms with van der Waals surface area (Å²) in [5.41, 5.74) is 1.30. The zero-order valence-electron chi connectivity index (χ0n) is 12.1. The van der Waals surface area contributed by atoms with Gasteiger partial charge in [0, 0.05) is 16.7 Å². The van der Waals surface area contributed by atoms with E-state index in [1.807, 2.05) is 0 Å². The molecule has 1 aliphatic heterocycles. The second-order valence-electron chi connectivity index (χ2n) is 5.03. The number of carboxylic acids is 1. The lowest BCUT2D eigenvalue weighted by Crippen LogP contribution is -2.19. The van der Waals surface area contributed by atoms with Crippen molar-refractivity contribution in [1.29, 1.82) is 0 Å². The topological polar surface area (TPSA) is 89.9 Å². The minimum atomic E-state index is -1.10. The molecule has 2 aromatic carbocycles. The highest BCUT2D eigenvalue weighted by Gasteiger charge is 2.33. The van der Waals surface area contributed by atoms with Crippen LogP contribution >= 0.6 is 0 Å². The minimum absolute atomic E-state index is 0.232. The summed E-state index contributed by atoms with van der Waals surface area (Å²) < 4.78 is 10.3. The maximum Gasteiger partial charge on any atom is 0.337 e. The third-order valence-corrected chi connectivity index (χ3v) is 3.69. The molecule has 0 fully saturated rings. The molecule has 0 radical (unpaired) electrons. The van der Waals surface area contributed by atoms with E-state index in [1.165, 1.54) is 31.4 Å². The molecule has 0 bridgehead atoms. The lowest BCUT2D eigenvalue weighted by Gasteiger charge is -2.26. The van der Waals surface area contributed by atoms with Gasteiger partial charge in [-0.15, -0.1) is 0 Å². The van der Waals surface area contributed by atoms with Gasteiger partial charge in [-0.25, -0.2) is 4.79 Å². The Balaban J connectivity index is 2.19. The molecule has 1 aliphatic rings. The maximum atomic E-state index is 11.8. The first-order valence-corrected chi connectivity index (χ1v) is 6.77. The quantitative estimate of drug-likeness (QED) is 0.692. The highest BCUT2D eigenvalue weighted by molar-refractivity contribution is 5.92. The fourth-order valence-electron chi connectivity index (χ4n) is 2.62. The van der Waals surface area contributed by atoms with E-state index in [0.29, 0.717) is 34.5 Å². The van der Waals surface area contributed by atoms with Crippen molar-refractivity contribution < 1.29 is 29.0 Å². The third kappa shape index (κ3) is 2.44. The van der Waals surface area contributed by atoms with Crippen molar-refractivity contribution in [1.82, 2.24) is 0 Å². The number of ether oxygens (including phenoxy) is 2. The van der Waals surface area contributed by atoms with Crippen LogP contribution in [0.5, 0.6) is 11.5 Å². The van der Waals surface area contributed by atoms with Gasteiger partial charge in [0.05, 0.1) is 12.7 Å². The number of methoxy groups -OCH3 is 1. The number of carbonyl (C=O) groups is 3. The largest absolute Gasteiger partial charge is 0.481 e. The zero-order valence-corrected chi connectivity index (χ0v) is 12.1. The standard InChI is InChI=1S/C17H12O6/c1-22-17(21)10-3-5-14-12(7-10)15(16(19)20)11-6-9(8-18)2-4-13(11)23-14/h2-8,15H,1H3,(H,19,20). The lowest BCUT2D eigenvalue weighted by molar-refractivity contribution is -0.137. The van der Waals surface area contributed by atoms with E-state index in [-0.39, 0.29) is 5.56 Å². The van der Waals surface area contributed by atoms with Gasteiger partial charge in [-0.1, -0.05) is 0 Å². The van der Waals surface area contributed by atoms with Crippen LogP contribution in [0.3, 0.4) is 0 Å². The second-order valence-corrected chi connectivity index (χ2v) is 5.03. The normalized spacial score (nSPS) is 14.9. The van der Waals surface area contributed by atoms with Crippen molar-refractivity contribution in [2.75, 3.05) is 7.11 Å². The molecular formula is C17H12O6. The zero-order chi connectivity index (χ0) is 16.6. The molecule has 1 unspecified atom stereocenters. The van der Waals surface area contributed by atoms with Crippen LogP contribution < -0.4 is 4.74 Å². The van der Waals surface area contributed by atoms with Crippen LogP contribution in [0.2, 0.25) is 0 Å². The number of aliphatic carboxylic acids is 1. The van der Waals surface area contributed by atoms with Crippen LogP contribution in [0.4, 0.5) is 0 Å². The number of esters is 1. The van der Waals surface area contributed by atoms with Crippen LogP contribution in [0.1, 0.15) is 37.8 Å². The fourth-order valence-corrected chi connectivity index (χ4v) is 2.62. The number of hydrogen-bond donors (Lipinski definition) is 1. The van der Waals surface area contributed by atoms with Crippen LogP contribution in [0.15, 0.2) is 36.4 Å². The molecule has 6 heteroatoms. The number of rotatable bonds is 3. The van der Waals surface area contributed by atoms with Crippen molar-refractivity contribution in [3.63, 3.8) is 0 Å². The van der Waals surface area contributed by atoms with Crippen LogP contribution in [0.25, 0.3) is 0 Å². The van der Waals surface area contributed by atoms with Crippen molar-refractivity contribution >= 4 is 18.2 Å². The molecule has 1 heterocycles. The maximum absolute atomic E-state index is 11.8. The van der Waals surface area contributed by atoms with Gasteiger partial charge in [0.25, 0.3) is 0 Å². The smallest absolute Gasteiger partial charge is 0.337 e. The Morgan fingerprint density at radius 1 is 1.13 bits per heavy atom. The van der Waals surface area contributed by atoms with Crippen molar-refractivity contribution in [3.8, 4) is 11.5 Å². The first kappa shape index (κ1) is 14.8. The number of hydrogen-bond acceptors (Lipinski definition) is 5. The van der Waals surface area contributed by atoms with Gasteiger partial charge in [0.1, 0.15) is 23.7 Å². The number of carbonyl (C=O) groups excluding carboxylic acids is 2. The van der Waals surface area contributed by atoms with Gasteiger partial charge < -0.3 is 14.6 Å². The van der Waals surface area contributed by atoms with Crippen molar-refractivity contribution in [2.24, 2.45) is 0 Å². The number of fused-ring (bicyclic) bond motifs is 2. The molecule has 1 atom stereocenters. The highest BCUT2D eigenvalue weighted by Crippen LogP contribution is 2.44. The van der Waals surface area contributed by atoms with E-state index in [9.17, 15) is 19.5 Å². The Morgan fingerprint density at radius 3 is 2.39 bits per heavy atom. The average molecular weight is 312 g/mol. The summed E-state index contributed by atoms with van der Waals surface area (Å²) in [7, 11) is 1.25. The second kappa shape index (κ2) is 5.57. The summed E-state index contributed by atoms with van der Waals surface area (Å²) in [4.78, 5) is 34.4. The van der Waals surface area contributed by atoms with E-state index in [2.05, 4.69) is 4.74 Å². The summed E-state index contributed by atoms with van der Waals surface area (Å²) >= 11 is 0. The fraction of sp³-hybridized carbons (Fsp3) is 0.118. The van der Waals surface area contributed by atoms with Gasteiger partial charge in [-0.2, -0.15) is 0 Å². The summed E-state index contributed by atoms with van der Waals surface area (Å²) in [5, 5.41) is 9.62.